The number of carbonyl (C=O) groups excluding carboxylic acids is 2. The minimum Gasteiger partial charge on any atom is -0.381 e. The Morgan fingerprint density at radius 1 is 1.10 bits per heavy atom. The van der Waals surface area contributed by atoms with E-state index in [4.69, 9.17) is 0 Å². The summed E-state index contributed by atoms with van der Waals surface area (Å²) in [4.78, 5) is 31.2. The first-order valence-electron chi connectivity index (χ1n) is 10.2. The summed E-state index contributed by atoms with van der Waals surface area (Å²) < 4.78 is 0. The Kier molecular flexibility index (Phi) is 6.08. The number of hydrogen-bond acceptors (Lipinski definition) is 4. The zero-order valence-corrected chi connectivity index (χ0v) is 17.3. The molecule has 1 unspecified atom stereocenters. The Morgan fingerprint density at radius 3 is 2.58 bits per heavy atom. The molecule has 0 saturated heterocycles. The zero-order valence-electron chi connectivity index (χ0n) is 17.3. The second-order valence-corrected chi connectivity index (χ2v) is 7.39. The SMILES string of the molecule is CC1=N/C(=C\C2C=CC=CN2)C(=O)N1c1ccc(CC(=O)NCc2ccccc2)cc1. The van der Waals surface area contributed by atoms with Crippen molar-refractivity contribution in [3.63, 3.8) is 0 Å². The van der Waals surface area contributed by atoms with Gasteiger partial charge in [0.1, 0.15) is 11.5 Å². The van der Waals surface area contributed by atoms with Crippen molar-refractivity contribution in [2.75, 3.05) is 4.90 Å². The van der Waals surface area contributed by atoms with Crippen molar-refractivity contribution in [3.05, 3.63) is 102 Å². The summed E-state index contributed by atoms with van der Waals surface area (Å²) in [5.74, 6) is 0.425. The maximum Gasteiger partial charge on any atom is 0.282 e. The second-order valence-electron chi connectivity index (χ2n) is 7.39. The minimum absolute atomic E-state index is 0.0427. The van der Waals surface area contributed by atoms with Gasteiger partial charge in [-0.1, -0.05) is 54.6 Å². The van der Waals surface area contributed by atoms with Crippen LogP contribution in [0.3, 0.4) is 0 Å². The van der Waals surface area contributed by atoms with Crippen molar-refractivity contribution in [2.45, 2.75) is 25.9 Å². The maximum absolute atomic E-state index is 12.9. The van der Waals surface area contributed by atoms with Gasteiger partial charge in [-0.15, -0.1) is 0 Å². The molecule has 0 saturated carbocycles. The van der Waals surface area contributed by atoms with Gasteiger partial charge in [0.05, 0.1) is 18.2 Å². The van der Waals surface area contributed by atoms with E-state index in [0.717, 1.165) is 16.8 Å². The standard InChI is InChI=1S/C25H24N4O2/c1-18-28-23(16-21-9-5-6-14-26-21)25(31)29(18)22-12-10-19(11-13-22)15-24(30)27-17-20-7-3-2-4-8-20/h2-14,16,21,26H,15,17H2,1H3,(H,27,30)/b23-16-. The summed E-state index contributed by atoms with van der Waals surface area (Å²) in [6.45, 7) is 2.32. The molecule has 156 valence electrons. The number of hydrogen-bond donors (Lipinski definition) is 2. The van der Waals surface area contributed by atoms with Gasteiger partial charge in [-0.3, -0.25) is 14.5 Å². The van der Waals surface area contributed by atoms with Gasteiger partial charge < -0.3 is 10.6 Å². The number of allylic oxidation sites excluding steroid dienone is 2. The Bertz CT molecular complexity index is 1080. The molecule has 2 aliphatic rings. The smallest absolute Gasteiger partial charge is 0.282 e. The lowest BCUT2D eigenvalue weighted by atomic mass is 10.1. The van der Waals surface area contributed by atoms with E-state index < -0.39 is 0 Å². The summed E-state index contributed by atoms with van der Waals surface area (Å²) in [6.07, 6.45) is 9.73. The highest BCUT2D eigenvalue weighted by Gasteiger charge is 2.29. The van der Waals surface area contributed by atoms with Crippen LogP contribution in [0, 0.1) is 0 Å². The lowest BCUT2D eigenvalue weighted by molar-refractivity contribution is -0.120. The van der Waals surface area contributed by atoms with Gasteiger partial charge in [0.15, 0.2) is 0 Å². The van der Waals surface area contributed by atoms with E-state index >= 15 is 0 Å². The molecule has 0 aromatic heterocycles. The predicted octanol–water partition coefficient (Wildman–Crippen LogP) is 3.24. The normalized spacial score (nSPS) is 18.8. The second kappa shape index (κ2) is 9.26. The quantitative estimate of drug-likeness (QED) is 0.716. The molecule has 31 heavy (non-hydrogen) atoms. The number of nitrogens with one attached hydrogen (secondary N) is 2. The van der Waals surface area contributed by atoms with Crippen LogP contribution in [0.2, 0.25) is 0 Å². The fraction of sp³-hybridized carbons (Fsp3) is 0.160. The monoisotopic (exact) mass is 412 g/mol. The van der Waals surface area contributed by atoms with Crippen molar-refractivity contribution < 1.29 is 9.59 Å². The van der Waals surface area contributed by atoms with E-state index in [1.807, 2.05) is 92.0 Å². The molecule has 2 aromatic rings. The number of nitrogens with zero attached hydrogens (tertiary/aromatic N) is 2. The van der Waals surface area contributed by atoms with Crippen LogP contribution < -0.4 is 15.5 Å². The van der Waals surface area contributed by atoms with Crippen LogP contribution in [0.4, 0.5) is 5.69 Å². The first-order valence-corrected chi connectivity index (χ1v) is 10.2. The van der Waals surface area contributed by atoms with Gasteiger partial charge in [0, 0.05) is 6.54 Å². The van der Waals surface area contributed by atoms with E-state index in [9.17, 15) is 9.59 Å². The fourth-order valence-electron chi connectivity index (χ4n) is 3.49. The van der Waals surface area contributed by atoms with Crippen LogP contribution in [0.1, 0.15) is 18.1 Å². The highest BCUT2D eigenvalue weighted by molar-refractivity contribution is 6.26. The van der Waals surface area contributed by atoms with Crippen LogP contribution in [0.5, 0.6) is 0 Å². The predicted molar refractivity (Wildman–Crippen MR) is 122 cm³/mol. The van der Waals surface area contributed by atoms with Crippen LogP contribution in [0.15, 0.2) is 95.8 Å². The summed E-state index contributed by atoms with van der Waals surface area (Å²) in [7, 11) is 0. The number of amides is 2. The Morgan fingerprint density at radius 2 is 1.87 bits per heavy atom. The van der Waals surface area contributed by atoms with Gasteiger partial charge in [0.2, 0.25) is 5.91 Å². The summed E-state index contributed by atoms with van der Waals surface area (Å²) in [5.41, 5.74) is 3.09. The molecule has 2 amide bonds. The molecule has 4 rings (SSSR count). The van der Waals surface area contributed by atoms with Gasteiger partial charge in [-0.05, 0) is 48.5 Å². The van der Waals surface area contributed by atoms with E-state index in [-0.39, 0.29) is 24.3 Å². The Hall–Kier alpha value is -3.93. The van der Waals surface area contributed by atoms with Crippen molar-refractivity contribution in [2.24, 2.45) is 4.99 Å². The van der Waals surface area contributed by atoms with Gasteiger partial charge in [0.25, 0.3) is 5.91 Å². The first kappa shape index (κ1) is 20.3. The first-order chi connectivity index (χ1) is 15.1. The van der Waals surface area contributed by atoms with Crippen LogP contribution in [-0.4, -0.2) is 23.7 Å². The number of rotatable bonds is 6. The topological polar surface area (TPSA) is 73.8 Å². The largest absolute Gasteiger partial charge is 0.381 e. The van der Waals surface area contributed by atoms with Gasteiger partial charge in [-0.25, -0.2) is 4.99 Å². The lowest BCUT2D eigenvalue weighted by Gasteiger charge is -2.17. The molecule has 2 aromatic carbocycles. The molecule has 0 fully saturated rings. The van der Waals surface area contributed by atoms with Gasteiger partial charge in [-0.2, -0.15) is 0 Å². The number of dihydropyridines is 1. The number of anilines is 1. The van der Waals surface area contributed by atoms with E-state index in [0.29, 0.717) is 18.1 Å². The summed E-state index contributed by atoms with van der Waals surface area (Å²) in [6, 6.07) is 17.2. The Balaban J connectivity index is 1.37. The molecule has 6 nitrogen and oxygen atoms in total. The summed E-state index contributed by atoms with van der Waals surface area (Å²) in [5, 5.41) is 6.09. The third-order valence-electron chi connectivity index (χ3n) is 5.07. The molecule has 0 spiro atoms. The molecule has 2 heterocycles. The molecular formula is C25H24N4O2. The fourth-order valence-corrected chi connectivity index (χ4v) is 3.49. The average molecular weight is 412 g/mol. The molecule has 2 aliphatic heterocycles. The van der Waals surface area contributed by atoms with Crippen molar-refractivity contribution in [3.8, 4) is 0 Å². The lowest BCUT2D eigenvalue weighted by Crippen LogP contribution is -2.31. The number of carbonyl (C=O) groups is 2. The number of aliphatic imine (C=N–C) groups is 1. The molecule has 6 heteroatoms. The number of amidine groups is 1. The molecule has 2 N–H and O–H groups in total. The van der Waals surface area contributed by atoms with E-state index in [1.54, 1.807) is 4.90 Å². The van der Waals surface area contributed by atoms with Gasteiger partial charge >= 0.3 is 0 Å². The number of benzene rings is 2. The highest BCUT2D eigenvalue weighted by Crippen LogP contribution is 2.24. The minimum atomic E-state index is -0.157. The van der Waals surface area contributed by atoms with Crippen molar-refractivity contribution >= 4 is 23.3 Å². The third-order valence-corrected chi connectivity index (χ3v) is 5.07. The maximum atomic E-state index is 12.9. The van der Waals surface area contributed by atoms with Crippen LogP contribution >= 0.6 is 0 Å². The molecule has 0 bridgehead atoms. The highest BCUT2D eigenvalue weighted by atomic mass is 16.2. The molecule has 0 radical (unpaired) electrons. The van der Waals surface area contributed by atoms with E-state index in [2.05, 4.69) is 15.6 Å². The third kappa shape index (κ3) is 4.98. The van der Waals surface area contributed by atoms with Crippen molar-refractivity contribution in [1.82, 2.24) is 10.6 Å². The molecule has 1 atom stereocenters. The van der Waals surface area contributed by atoms with Crippen molar-refractivity contribution in [1.29, 1.82) is 0 Å². The summed E-state index contributed by atoms with van der Waals surface area (Å²) >= 11 is 0. The molecule has 0 aliphatic carbocycles. The zero-order chi connectivity index (χ0) is 21.6. The molecular weight excluding hydrogens is 388 g/mol. The van der Waals surface area contributed by atoms with E-state index in [1.165, 1.54) is 0 Å². The van der Waals surface area contributed by atoms with Crippen LogP contribution in [0.25, 0.3) is 0 Å². The average Bonchev–Trinajstić information content (AvgIpc) is 3.07. The Labute approximate surface area is 181 Å². The van der Waals surface area contributed by atoms with Crippen LogP contribution in [-0.2, 0) is 22.6 Å².